The highest BCUT2D eigenvalue weighted by molar-refractivity contribution is 5.98. The third-order valence-corrected chi connectivity index (χ3v) is 6.87. The lowest BCUT2D eigenvalue weighted by atomic mass is 10.0. The lowest BCUT2D eigenvalue weighted by molar-refractivity contribution is -0.148. The first-order chi connectivity index (χ1) is 19.0. The van der Waals surface area contributed by atoms with E-state index in [2.05, 4.69) is 15.3 Å². The minimum absolute atomic E-state index is 0.217. The Hall–Kier alpha value is -4.85. The first-order valence-electron chi connectivity index (χ1n) is 12.9. The molecule has 4 aromatic rings. The molecule has 2 heterocycles. The summed E-state index contributed by atoms with van der Waals surface area (Å²) in [5.41, 5.74) is 4.03. The van der Waals surface area contributed by atoms with E-state index in [1.807, 2.05) is 60.7 Å². The molecule has 1 aliphatic heterocycles. The van der Waals surface area contributed by atoms with E-state index in [4.69, 9.17) is 0 Å². The van der Waals surface area contributed by atoms with Gasteiger partial charge in [0.05, 0.1) is 0 Å². The van der Waals surface area contributed by atoms with Crippen molar-refractivity contribution in [1.82, 2.24) is 20.2 Å². The summed E-state index contributed by atoms with van der Waals surface area (Å²) in [5.74, 6) is -1.24. The highest BCUT2D eigenvalue weighted by atomic mass is 16.4. The minimum atomic E-state index is -1.03. The number of carbonyl (C=O) groups excluding carboxylic acids is 2. The van der Waals surface area contributed by atoms with Gasteiger partial charge >= 0.3 is 5.97 Å². The Morgan fingerprint density at radius 2 is 1.49 bits per heavy atom. The first-order valence-corrected chi connectivity index (χ1v) is 12.9. The zero-order valence-corrected chi connectivity index (χ0v) is 21.2. The maximum atomic E-state index is 13.5. The second-order valence-corrected chi connectivity index (χ2v) is 9.48. The van der Waals surface area contributed by atoms with Crippen molar-refractivity contribution < 1.29 is 19.5 Å². The van der Waals surface area contributed by atoms with Crippen molar-refractivity contribution in [1.29, 1.82) is 0 Å². The van der Waals surface area contributed by atoms with Crippen LogP contribution in [-0.2, 0) is 16.0 Å². The fraction of sp³-hybridized carbons (Fsp3) is 0.194. The largest absolute Gasteiger partial charge is 0.480 e. The van der Waals surface area contributed by atoms with E-state index in [9.17, 15) is 19.5 Å². The molecule has 0 aliphatic carbocycles. The number of hydrogen-bond donors (Lipinski definition) is 2. The van der Waals surface area contributed by atoms with Gasteiger partial charge in [-0.05, 0) is 36.1 Å². The number of aromatic nitrogens is 2. The maximum Gasteiger partial charge on any atom is 0.326 e. The average molecular weight is 521 g/mol. The summed E-state index contributed by atoms with van der Waals surface area (Å²) in [6, 6.07) is 24.3. The van der Waals surface area contributed by atoms with Crippen molar-refractivity contribution >= 4 is 17.8 Å². The Bertz CT molecular complexity index is 1440. The number of carboxylic acid groups (broad SMARTS) is 1. The number of carboxylic acids is 1. The minimum Gasteiger partial charge on any atom is -0.480 e. The van der Waals surface area contributed by atoms with Crippen LogP contribution in [0.25, 0.3) is 22.5 Å². The molecule has 0 saturated carbocycles. The fourth-order valence-electron chi connectivity index (χ4n) is 4.80. The number of hydrogen-bond acceptors (Lipinski definition) is 5. The van der Waals surface area contributed by atoms with Gasteiger partial charge in [-0.3, -0.25) is 9.59 Å². The second-order valence-electron chi connectivity index (χ2n) is 9.48. The highest BCUT2D eigenvalue weighted by Gasteiger charge is 2.37. The van der Waals surface area contributed by atoms with Crippen molar-refractivity contribution in [3.05, 3.63) is 108 Å². The van der Waals surface area contributed by atoms with Crippen LogP contribution >= 0.6 is 0 Å². The molecule has 1 aliphatic rings. The third-order valence-electron chi connectivity index (χ3n) is 6.87. The van der Waals surface area contributed by atoms with Crippen LogP contribution in [-0.4, -0.2) is 56.4 Å². The molecule has 1 saturated heterocycles. The number of aliphatic carboxylic acids is 1. The topological polar surface area (TPSA) is 112 Å². The molecule has 196 valence electrons. The van der Waals surface area contributed by atoms with Gasteiger partial charge in [0.1, 0.15) is 12.1 Å². The molecule has 2 amide bonds. The van der Waals surface area contributed by atoms with Crippen LogP contribution in [0.4, 0.5) is 0 Å². The van der Waals surface area contributed by atoms with Crippen LogP contribution in [0.15, 0.2) is 97.3 Å². The van der Waals surface area contributed by atoms with Gasteiger partial charge in [-0.25, -0.2) is 14.8 Å². The number of nitrogens with zero attached hydrogens (tertiary/aromatic N) is 3. The van der Waals surface area contributed by atoms with Crippen molar-refractivity contribution in [3.8, 4) is 22.5 Å². The van der Waals surface area contributed by atoms with Crippen molar-refractivity contribution in [2.75, 3.05) is 6.54 Å². The molecule has 8 nitrogen and oxygen atoms in total. The Balaban J connectivity index is 1.34. The van der Waals surface area contributed by atoms with E-state index in [-0.39, 0.29) is 12.3 Å². The molecule has 3 aromatic carbocycles. The Kier molecular flexibility index (Phi) is 7.73. The smallest absolute Gasteiger partial charge is 0.326 e. The van der Waals surface area contributed by atoms with Crippen LogP contribution in [0.2, 0.25) is 0 Å². The van der Waals surface area contributed by atoms with Gasteiger partial charge in [0.2, 0.25) is 5.91 Å². The number of amides is 2. The summed E-state index contributed by atoms with van der Waals surface area (Å²) in [6.45, 7) is 0.350. The molecule has 2 atom stereocenters. The summed E-state index contributed by atoms with van der Waals surface area (Å²) in [7, 11) is 0. The third kappa shape index (κ3) is 6.01. The SMILES string of the molecule is O=C(NC(Cc1ccc(-c2ncc(-c3ccccc3)cn2)cc1)C(=O)N1CCCC1C(=O)O)c1ccccc1. The quantitative estimate of drug-likeness (QED) is 0.360. The molecule has 0 spiro atoms. The van der Waals surface area contributed by atoms with Crippen molar-refractivity contribution in [3.63, 3.8) is 0 Å². The summed E-state index contributed by atoms with van der Waals surface area (Å²) >= 11 is 0. The fourth-order valence-corrected chi connectivity index (χ4v) is 4.80. The predicted molar refractivity (Wildman–Crippen MR) is 147 cm³/mol. The molecular formula is C31H28N4O4. The molecule has 1 aromatic heterocycles. The van der Waals surface area contributed by atoms with E-state index in [1.165, 1.54) is 4.90 Å². The first kappa shape index (κ1) is 25.8. The Morgan fingerprint density at radius 1 is 0.846 bits per heavy atom. The zero-order chi connectivity index (χ0) is 27.2. The Morgan fingerprint density at radius 3 is 2.13 bits per heavy atom. The number of carbonyl (C=O) groups is 3. The average Bonchev–Trinajstić information content (AvgIpc) is 3.48. The van der Waals surface area contributed by atoms with E-state index in [0.717, 1.165) is 22.3 Å². The number of likely N-dealkylation sites (tertiary alicyclic amines) is 1. The van der Waals surface area contributed by atoms with Gasteiger partial charge in [0.15, 0.2) is 5.82 Å². The number of rotatable bonds is 8. The predicted octanol–water partition coefficient (Wildman–Crippen LogP) is 4.23. The van der Waals surface area contributed by atoms with Gasteiger partial charge in [0.25, 0.3) is 5.91 Å². The highest BCUT2D eigenvalue weighted by Crippen LogP contribution is 2.23. The van der Waals surface area contributed by atoms with Crippen molar-refractivity contribution in [2.45, 2.75) is 31.3 Å². The van der Waals surface area contributed by atoms with E-state index < -0.39 is 24.0 Å². The summed E-state index contributed by atoms with van der Waals surface area (Å²) in [4.78, 5) is 48.5. The molecule has 1 fully saturated rings. The van der Waals surface area contributed by atoms with Gasteiger partial charge in [-0.1, -0.05) is 72.8 Å². The lowest BCUT2D eigenvalue weighted by Crippen LogP contribution is -2.52. The number of nitrogens with one attached hydrogen (secondary N) is 1. The summed E-state index contributed by atoms with van der Waals surface area (Å²) in [6.07, 6.45) is 4.80. The molecule has 2 N–H and O–H groups in total. The van der Waals surface area contributed by atoms with E-state index in [1.54, 1.807) is 36.7 Å². The Labute approximate surface area is 226 Å². The van der Waals surface area contributed by atoms with Crippen LogP contribution in [0, 0.1) is 0 Å². The zero-order valence-electron chi connectivity index (χ0n) is 21.2. The lowest BCUT2D eigenvalue weighted by Gasteiger charge is -2.27. The van der Waals surface area contributed by atoms with E-state index >= 15 is 0 Å². The van der Waals surface area contributed by atoms with Crippen LogP contribution in [0.1, 0.15) is 28.8 Å². The molecular weight excluding hydrogens is 492 g/mol. The summed E-state index contributed by atoms with van der Waals surface area (Å²) in [5, 5.41) is 12.4. The van der Waals surface area contributed by atoms with Crippen molar-refractivity contribution in [2.24, 2.45) is 0 Å². The molecule has 0 bridgehead atoms. The van der Waals surface area contributed by atoms with Crippen LogP contribution in [0.3, 0.4) is 0 Å². The number of benzene rings is 3. The van der Waals surface area contributed by atoms with Gasteiger partial charge in [0, 0.05) is 42.0 Å². The van der Waals surface area contributed by atoms with Gasteiger partial charge < -0.3 is 15.3 Å². The maximum absolute atomic E-state index is 13.5. The normalized spacial score (nSPS) is 15.5. The molecule has 5 rings (SSSR count). The molecule has 8 heteroatoms. The van der Waals surface area contributed by atoms with E-state index in [0.29, 0.717) is 30.8 Å². The summed E-state index contributed by atoms with van der Waals surface area (Å²) < 4.78 is 0. The molecule has 0 radical (unpaired) electrons. The van der Waals surface area contributed by atoms with Crippen LogP contribution in [0.5, 0.6) is 0 Å². The van der Waals surface area contributed by atoms with Crippen LogP contribution < -0.4 is 5.32 Å². The monoisotopic (exact) mass is 520 g/mol. The molecule has 2 unspecified atom stereocenters. The second kappa shape index (κ2) is 11.7. The molecule has 39 heavy (non-hydrogen) atoms. The standard InChI is InChI=1S/C31H28N4O4/c36-29(24-10-5-2-6-11-24)34-26(30(37)35-17-7-12-27(35)31(38)39)18-21-13-15-23(16-14-21)28-32-19-25(20-33-28)22-8-3-1-4-9-22/h1-6,8-11,13-16,19-20,26-27H,7,12,17-18H2,(H,34,36)(H,38,39). The van der Waals surface area contributed by atoms with Gasteiger partial charge in [-0.15, -0.1) is 0 Å². The van der Waals surface area contributed by atoms with Gasteiger partial charge in [-0.2, -0.15) is 0 Å².